The summed E-state index contributed by atoms with van der Waals surface area (Å²) in [5, 5.41) is 3.30. The van der Waals surface area contributed by atoms with Crippen molar-refractivity contribution in [2.75, 3.05) is 23.8 Å². The molecule has 0 atom stereocenters. The molecule has 0 fully saturated rings. The van der Waals surface area contributed by atoms with E-state index in [4.69, 9.17) is 0 Å². The third-order valence-corrected chi connectivity index (χ3v) is 3.45. The van der Waals surface area contributed by atoms with E-state index >= 15 is 0 Å². The van der Waals surface area contributed by atoms with Crippen LogP contribution >= 0.6 is 0 Å². The first-order chi connectivity index (χ1) is 10.1. The maximum absolute atomic E-state index is 4.46. The van der Waals surface area contributed by atoms with Crippen molar-refractivity contribution in [3.05, 3.63) is 53.2 Å². The molecule has 0 amide bonds. The van der Waals surface area contributed by atoms with E-state index in [1.54, 1.807) is 0 Å². The largest absolute Gasteiger partial charge is 0.370 e. The van der Waals surface area contributed by atoms with Gasteiger partial charge in [0.1, 0.15) is 5.82 Å². The number of benzene rings is 1. The van der Waals surface area contributed by atoms with Crippen LogP contribution in [0.2, 0.25) is 0 Å². The molecular formula is C18H25N3. The molecule has 1 heterocycles. The molecule has 0 aliphatic carbocycles. The van der Waals surface area contributed by atoms with Gasteiger partial charge in [0.05, 0.1) is 0 Å². The van der Waals surface area contributed by atoms with Crippen molar-refractivity contribution in [2.45, 2.75) is 33.7 Å². The monoisotopic (exact) mass is 283 g/mol. The van der Waals surface area contributed by atoms with E-state index in [0.29, 0.717) is 0 Å². The summed E-state index contributed by atoms with van der Waals surface area (Å²) in [6, 6.07) is 10.8. The van der Waals surface area contributed by atoms with Crippen LogP contribution in [0.1, 0.15) is 30.0 Å². The zero-order valence-electron chi connectivity index (χ0n) is 13.5. The normalized spacial score (nSPS) is 10.5. The molecule has 0 spiro atoms. The lowest BCUT2D eigenvalue weighted by atomic mass is 10.1. The number of anilines is 2. The second kappa shape index (κ2) is 7.11. The molecule has 0 aliphatic rings. The average molecular weight is 283 g/mol. The Hall–Kier alpha value is -2.03. The molecule has 21 heavy (non-hydrogen) atoms. The van der Waals surface area contributed by atoms with Crippen molar-refractivity contribution in [2.24, 2.45) is 0 Å². The second-order valence-corrected chi connectivity index (χ2v) is 5.68. The third kappa shape index (κ3) is 4.48. The fourth-order valence-electron chi connectivity index (χ4n) is 2.41. The summed E-state index contributed by atoms with van der Waals surface area (Å²) in [6.07, 6.45) is 3.07. The van der Waals surface area contributed by atoms with Gasteiger partial charge in [-0.2, -0.15) is 0 Å². The minimum atomic E-state index is 0.865. The van der Waals surface area contributed by atoms with Gasteiger partial charge in [0.2, 0.25) is 0 Å². The van der Waals surface area contributed by atoms with Crippen LogP contribution in [0.25, 0.3) is 0 Å². The van der Waals surface area contributed by atoms with Crippen molar-refractivity contribution in [1.82, 2.24) is 4.98 Å². The van der Waals surface area contributed by atoms with Crippen molar-refractivity contribution in [3.8, 4) is 0 Å². The summed E-state index contributed by atoms with van der Waals surface area (Å²) in [4.78, 5) is 6.72. The number of pyridine rings is 1. The molecule has 0 saturated carbocycles. The molecule has 3 heteroatoms. The lowest BCUT2D eigenvalue weighted by Crippen LogP contribution is -2.16. The summed E-state index contributed by atoms with van der Waals surface area (Å²) in [7, 11) is 2.12. The highest BCUT2D eigenvalue weighted by atomic mass is 15.1. The molecular weight excluding hydrogens is 258 g/mol. The molecule has 0 aliphatic heterocycles. The van der Waals surface area contributed by atoms with Crippen molar-refractivity contribution >= 4 is 11.5 Å². The molecule has 2 rings (SSSR count). The number of aryl methyl sites for hydroxylation is 2. The van der Waals surface area contributed by atoms with Crippen LogP contribution in [-0.2, 0) is 6.54 Å². The van der Waals surface area contributed by atoms with Crippen molar-refractivity contribution < 1.29 is 0 Å². The lowest BCUT2D eigenvalue weighted by molar-refractivity contribution is 0.910. The van der Waals surface area contributed by atoms with E-state index in [0.717, 1.165) is 25.3 Å². The predicted molar refractivity (Wildman–Crippen MR) is 91.0 cm³/mol. The van der Waals surface area contributed by atoms with Crippen molar-refractivity contribution in [3.63, 3.8) is 0 Å². The lowest BCUT2D eigenvalue weighted by Gasteiger charge is -2.20. The van der Waals surface area contributed by atoms with Crippen LogP contribution in [-0.4, -0.2) is 18.6 Å². The van der Waals surface area contributed by atoms with Gasteiger partial charge in [0, 0.05) is 32.0 Å². The first-order valence-corrected chi connectivity index (χ1v) is 7.56. The molecule has 0 unspecified atom stereocenters. The Morgan fingerprint density at radius 2 is 1.81 bits per heavy atom. The molecule has 0 saturated heterocycles. The Kier molecular flexibility index (Phi) is 5.20. The fraction of sp³-hybridized carbons (Fsp3) is 0.389. The Balaban J connectivity index is 2.03. The van der Waals surface area contributed by atoms with Crippen molar-refractivity contribution in [1.29, 1.82) is 0 Å². The number of nitrogens with one attached hydrogen (secondary N) is 1. The van der Waals surface area contributed by atoms with E-state index < -0.39 is 0 Å². The summed E-state index contributed by atoms with van der Waals surface area (Å²) in [6.45, 7) is 8.26. The Morgan fingerprint density at radius 3 is 2.38 bits per heavy atom. The standard InChI is InChI=1S/C18H25N3/c1-5-8-19-18-7-6-16(12-20-18)13-21(4)17-10-14(2)9-15(3)11-17/h6-7,9-12H,5,8,13H2,1-4H3,(H,19,20). The topological polar surface area (TPSA) is 28.2 Å². The Bertz CT molecular complexity index is 555. The molecule has 1 aromatic heterocycles. The highest BCUT2D eigenvalue weighted by molar-refractivity contribution is 5.50. The quantitative estimate of drug-likeness (QED) is 0.863. The van der Waals surface area contributed by atoms with Crippen LogP contribution < -0.4 is 10.2 Å². The second-order valence-electron chi connectivity index (χ2n) is 5.68. The van der Waals surface area contributed by atoms with Crippen LogP contribution in [0.4, 0.5) is 11.5 Å². The highest BCUT2D eigenvalue weighted by Gasteiger charge is 2.04. The van der Waals surface area contributed by atoms with Gasteiger partial charge in [-0.3, -0.25) is 0 Å². The molecule has 1 N–H and O–H groups in total. The van der Waals surface area contributed by atoms with Gasteiger partial charge in [-0.1, -0.05) is 19.1 Å². The number of aromatic nitrogens is 1. The number of hydrogen-bond donors (Lipinski definition) is 1. The van der Waals surface area contributed by atoms with E-state index in [9.17, 15) is 0 Å². The van der Waals surface area contributed by atoms with Gasteiger partial charge < -0.3 is 10.2 Å². The number of rotatable bonds is 6. The third-order valence-electron chi connectivity index (χ3n) is 3.45. The first kappa shape index (κ1) is 15.4. The minimum Gasteiger partial charge on any atom is -0.370 e. The molecule has 1 aromatic carbocycles. The maximum atomic E-state index is 4.46. The fourth-order valence-corrected chi connectivity index (χ4v) is 2.41. The summed E-state index contributed by atoms with van der Waals surface area (Å²) in [5.41, 5.74) is 5.07. The van der Waals surface area contributed by atoms with Gasteiger partial charge in [-0.15, -0.1) is 0 Å². The zero-order chi connectivity index (χ0) is 15.2. The molecule has 0 bridgehead atoms. The zero-order valence-corrected chi connectivity index (χ0v) is 13.5. The highest BCUT2D eigenvalue weighted by Crippen LogP contribution is 2.19. The summed E-state index contributed by atoms with van der Waals surface area (Å²) in [5.74, 6) is 0.953. The van der Waals surface area contributed by atoms with Crippen LogP contribution in [0, 0.1) is 13.8 Å². The van der Waals surface area contributed by atoms with Gasteiger partial charge in [-0.05, 0) is 55.2 Å². The molecule has 3 nitrogen and oxygen atoms in total. The molecule has 0 radical (unpaired) electrons. The van der Waals surface area contributed by atoms with E-state index in [2.05, 4.69) is 73.4 Å². The average Bonchev–Trinajstić information content (AvgIpc) is 2.45. The number of nitrogens with zero attached hydrogens (tertiary/aromatic N) is 2. The number of hydrogen-bond acceptors (Lipinski definition) is 3. The molecule has 112 valence electrons. The SMILES string of the molecule is CCCNc1ccc(CN(C)c2cc(C)cc(C)c2)cn1. The van der Waals surface area contributed by atoms with Crippen LogP contribution in [0.15, 0.2) is 36.5 Å². The first-order valence-electron chi connectivity index (χ1n) is 7.56. The van der Waals surface area contributed by atoms with Gasteiger partial charge in [0.25, 0.3) is 0 Å². The van der Waals surface area contributed by atoms with E-state index in [-0.39, 0.29) is 0 Å². The van der Waals surface area contributed by atoms with Crippen LogP contribution in [0.3, 0.4) is 0 Å². The Labute approximate surface area is 128 Å². The Morgan fingerprint density at radius 1 is 1.10 bits per heavy atom. The minimum absolute atomic E-state index is 0.865. The van der Waals surface area contributed by atoms with E-state index in [1.807, 2.05) is 6.20 Å². The van der Waals surface area contributed by atoms with Crippen LogP contribution in [0.5, 0.6) is 0 Å². The van der Waals surface area contributed by atoms with E-state index in [1.165, 1.54) is 22.4 Å². The smallest absolute Gasteiger partial charge is 0.125 e. The van der Waals surface area contributed by atoms with Gasteiger partial charge in [0.15, 0.2) is 0 Å². The van der Waals surface area contributed by atoms with Gasteiger partial charge in [-0.25, -0.2) is 4.98 Å². The summed E-state index contributed by atoms with van der Waals surface area (Å²) >= 11 is 0. The summed E-state index contributed by atoms with van der Waals surface area (Å²) < 4.78 is 0. The van der Waals surface area contributed by atoms with Gasteiger partial charge >= 0.3 is 0 Å². The maximum Gasteiger partial charge on any atom is 0.125 e. The molecule has 2 aromatic rings. The predicted octanol–water partition coefficient (Wildman–Crippen LogP) is 4.16.